The van der Waals surface area contributed by atoms with Gasteiger partial charge in [-0.1, -0.05) is 12.1 Å². The van der Waals surface area contributed by atoms with E-state index in [1.807, 2.05) is 0 Å². The van der Waals surface area contributed by atoms with E-state index in [-0.39, 0.29) is 11.3 Å². The lowest BCUT2D eigenvalue weighted by molar-refractivity contribution is -0.136. The molecule has 0 amide bonds. The summed E-state index contributed by atoms with van der Waals surface area (Å²) >= 11 is 0. The van der Waals surface area contributed by atoms with E-state index in [0.29, 0.717) is 5.56 Å². The summed E-state index contributed by atoms with van der Waals surface area (Å²) in [6.45, 7) is 0. The van der Waals surface area contributed by atoms with Gasteiger partial charge in [0, 0.05) is 0 Å². The number of sulfonamides is 1. The number of hydrogen-bond acceptors (Lipinski definition) is 4. The molecule has 0 fully saturated rings. The zero-order chi connectivity index (χ0) is 11.5. The third-order valence-corrected chi connectivity index (χ3v) is 2.95. The van der Waals surface area contributed by atoms with Crippen molar-refractivity contribution < 1.29 is 18.3 Å². The Labute approximate surface area is 86.7 Å². The van der Waals surface area contributed by atoms with Crippen LogP contribution < -0.4 is 10.7 Å². The number of carbonyl (C=O) groups is 1. The number of carboxylic acid groups (broad SMARTS) is 1. The number of rotatable bonds is 4. The van der Waals surface area contributed by atoms with Crippen LogP contribution in [0.4, 0.5) is 0 Å². The molecule has 1 aromatic rings. The third-order valence-electron chi connectivity index (χ3n) is 1.74. The molecule has 0 aliphatic carbocycles. The van der Waals surface area contributed by atoms with Gasteiger partial charge in [0.2, 0.25) is 0 Å². The molecule has 0 aliphatic rings. The quantitative estimate of drug-likeness (QED) is 0.475. The number of aliphatic carboxylic acids is 1. The van der Waals surface area contributed by atoms with Gasteiger partial charge in [0.15, 0.2) is 0 Å². The van der Waals surface area contributed by atoms with Crippen LogP contribution in [-0.2, 0) is 21.2 Å². The fourth-order valence-corrected chi connectivity index (χ4v) is 1.66. The van der Waals surface area contributed by atoms with Crippen LogP contribution in [0.15, 0.2) is 29.2 Å². The Morgan fingerprint density at radius 1 is 1.33 bits per heavy atom. The Bertz CT molecular complexity index is 452. The monoisotopic (exact) mass is 230 g/mol. The summed E-state index contributed by atoms with van der Waals surface area (Å²) in [4.78, 5) is 12.0. The van der Waals surface area contributed by atoms with Crippen molar-refractivity contribution in [1.82, 2.24) is 4.83 Å². The Hall–Kier alpha value is -1.44. The van der Waals surface area contributed by atoms with Crippen LogP contribution in [-0.4, -0.2) is 19.5 Å². The summed E-state index contributed by atoms with van der Waals surface area (Å²) in [6, 6.07) is 5.46. The first-order valence-corrected chi connectivity index (χ1v) is 5.47. The minimum atomic E-state index is -3.66. The standard InChI is InChI=1S/C8H10N2O4S/c9-10-15(13,14)7-3-1-6(2-4-7)5-8(11)12/h1-4,10H,5,9H2,(H,11,12). The van der Waals surface area contributed by atoms with Gasteiger partial charge in [-0.25, -0.2) is 8.42 Å². The highest BCUT2D eigenvalue weighted by Crippen LogP contribution is 2.10. The molecule has 0 atom stereocenters. The molecule has 0 unspecified atom stereocenters. The van der Waals surface area contributed by atoms with Gasteiger partial charge < -0.3 is 5.11 Å². The summed E-state index contributed by atoms with van der Waals surface area (Å²) in [5.74, 6) is 3.86. The molecule has 0 spiro atoms. The molecule has 0 radical (unpaired) electrons. The Morgan fingerprint density at radius 3 is 2.27 bits per heavy atom. The molecule has 0 aromatic heterocycles. The van der Waals surface area contributed by atoms with Crippen molar-refractivity contribution in [1.29, 1.82) is 0 Å². The van der Waals surface area contributed by atoms with Crippen LogP contribution in [0, 0.1) is 0 Å². The molecule has 6 nitrogen and oxygen atoms in total. The third kappa shape index (κ3) is 3.01. The molecule has 4 N–H and O–H groups in total. The maximum Gasteiger partial charge on any atom is 0.307 e. The highest BCUT2D eigenvalue weighted by Gasteiger charge is 2.11. The number of nitrogens with one attached hydrogen (secondary N) is 1. The smallest absolute Gasteiger partial charge is 0.307 e. The van der Waals surface area contributed by atoms with Crippen molar-refractivity contribution in [3.05, 3.63) is 29.8 Å². The maximum absolute atomic E-state index is 11.2. The lowest BCUT2D eigenvalue weighted by Crippen LogP contribution is -2.30. The topological polar surface area (TPSA) is 109 Å². The summed E-state index contributed by atoms with van der Waals surface area (Å²) in [5.41, 5.74) is 0.526. The molecule has 1 aromatic carbocycles. The number of hydrazine groups is 1. The van der Waals surface area contributed by atoms with Crippen molar-refractivity contribution in [3.63, 3.8) is 0 Å². The maximum atomic E-state index is 11.2. The van der Waals surface area contributed by atoms with Crippen molar-refractivity contribution in [2.75, 3.05) is 0 Å². The highest BCUT2D eigenvalue weighted by atomic mass is 32.2. The average molecular weight is 230 g/mol. The van der Waals surface area contributed by atoms with Gasteiger partial charge in [-0.15, -0.1) is 0 Å². The Kier molecular flexibility index (Phi) is 3.40. The van der Waals surface area contributed by atoms with E-state index in [9.17, 15) is 13.2 Å². The number of hydrogen-bond donors (Lipinski definition) is 3. The molecular formula is C8H10N2O4S. The molecule has 1 rings (SSSR count). The largest absolute Gasteiger partial charge is 0.481 e. The zero-order valence-corrected chi connectivity index (χ0v) is 8.49. The summed E-state index contributed by atoms with van der Waals surface area (Å²) in [7, 11) is -3.66. The highest BCUT2D eigenvalue weighted by molar-refractivity contribution is 7.89. The zero-order valence-electron chi connectivity index (χ0n) is 7.67. The van der Waals surface area contributed by atoms with Crippen molar-refractivity contribution in [3.8, 4) is 0 Å². The second-order valence-electron chi connectivity index (χ2n) is 2.84. The van der Waals surface area contributed by atoms with E-state index in [0.717, 1.165) is 0 Å². The normalized spacial score (nSPS) is 11.3. The molecule has 0 heterocycles. The van der Waals surface area contributed by atoms with Gasteiger partial charge in [-0.3, -0.25) is 10.6 Å². The van der Waals surface area contributed by atoms with E-state index >= 15 is 0 Å². The lowest BCUT2D eigenvalue weighted by atomic mass is 10.2. The second kappa shape index (κ2) is 4.39. The van der Waals surface area contributed by atoms with E-state index in [1.165, 1.54) is 24.3 Å². The predicted molar refractivity (Wildman–Crippen MR) is 52.3 cm³/mol. The molecule has 15 heavy (non-hydrogen) atoms. The SMILES string of the molecule is NNS(=O)(=O)c1ccc(CC(=O)O)cc1. The summed E-state index contributed by atoms with van der Waals surface area (Å²) in [5, 5.41) is 8.49. The van der Waals surface area contributed by atoms with Gasteiger partial charge >= 0.3 is 5.97 Å². The molecule has 82 valence electrons. The Balaban J connectivity index is 2.95. The van der Waals surface area contributed by atoms with Gasteiger partial charge in [-0.2, -0.15) is 4.83 Å². The Morgan fingerprint density at radius 2 is 1.87 bits per heavy atom. The van der Waals surface area contributed by atoms with E-state index in [1.54, 1.807) is 4.83 Å². The van der Waals surface area contributed by atoms with Crippen molar-refractivity contribution in [2.45, 2.75) is 11.3 Å². The van der Waals surface area contributed by atoms with Crippen LogP contribution in [0.3, 0.4) is 0 Å². The van der Waals surface area contributed by atoms with Crippen LogP contribution in [0.2, 0.25) is 0 Å². The van der Waals surface area contributed by atoms with Crippen molar-refractivity contribution in [2.24, 2.45) is 5.84 Å². The molecule has 0 bridgehead atoms. The molecule has 7 heteroatoms. The van der Waals surface area contributed by atoms with Crippen LogP contribution in [0.1, 0.15) is 5.56 Å². The fourth-order valence-electron chi connectivity index (χ4n) is 1.03. The number of nitrogens with two attached hydrogens (primary N) is 1. The summed E-state index contributed by atoms with van der Waals surface area (Å²) < 4.78 is 22.4. The lowest BCUT2D eigenvalue weighted by Gasteiger charge is -2.02. The van der Waals surface area contributed by atoms with Crippen molar-refractivity contribution >= 4 is 16.0 Å². The second-order valence-corrected chi connectivity index (χ2v) is 4.55. The number of benzene rings is 1. The summed E-state index contributed by atoms with van der Waals surface area (Å²) in [6.07, 6.45) is -0.142. The predicted octanol–water partition coefficient (Wildman–Crippen LogP) is -0.534. The van der Waals surface area contributed by atoms with Gasteiger partial charge in [0.1, 0.15) is 0 Å². The molecular weight excluding hydrogens is 220 g/mol. The fraction of sp³-hybridized carbons (Fsp3) is 0.125. The molecule has 0 saturated heterocycles. The van der Waals surface area contributed by atoms with E-state index in [2.05, 4.69) is 0 Å². The van der Waals surface area contributed by atoms with Gasteiger partial charge in [0.25, 0.3) is 10.0 Å². The molecule has 0 aliphatic heterocycles. The van der Waals surface area contributed by atoms with Crippen LogP contribution in [0.5, 0.6) is 0 Å². The minimum Gasteiger partial charge on any atom is -0.481 e. The van der Waals surface area contributed by atoms with Crippen LogP contribution >= 0.6 is 0 Å². The van der Waals surface area contributed by atoms with E-state index < -0.39 is 16.0 Å². The van der Waals surface area contributed by atoms with Crippen LogP contribution in [0.25, 0.3) is 0 Å². The van der Waals surface area contributed by atoms with E-state index in [4.69, 9.17) is 10.9 Å². The first-order valence-electron chi connectivity index (χ1n) is 3.99. The average Bonchev–Trinajstić information content (AvgIpc) is 2.18. The minimum absolute atomic E-state index is 0.000797. The van der Waals surface area contributed by atoms with Gasteiger partial charge in [-0.05, 0) is 17.7 Å². The number of carboxylic acids is 1. The molecule has 0 saturated carbocycles. The first-order chi connectivity index (χ1) is 6.95. The first kappa shape index (κ1) is 11.6. The van der Waals surface area contributed by atoms with Gasteiger partial charge in [0.05, 0.1) is 11.3 Å².